The number of nitrogens with zero attached hydrogens (tertiary/aromatic N) is 1. The number of rotatable bonds is 4. The second-order valence-corrected chi connectivity index (χ2v) is 5.38. The van der Waals surface area contributed by atoms with Crippen molar-refractivity contribution in [3.63, 3.8) is 0 Å². The van der Waals surface area contributed by atoms with Gasteiger partial charge in [0.15, 0.2) is 0 Å². The van der Waals surface area contributed by atoms with Crippen LogP contribution in [0.3, 0.4) is 0 Å². The van der Waals surface area contributed by atoms with Crippen LogP contribution >= 0.6 is 0 Å². The molecule has 0 spiro atoms. The van der Waals surface area contributed by atoms with Crippen molar-refractivity contribution in [1.29, 1.82) is 0 Å². The van der Waals surface area contributed by atoms with Crippen molar-refractivity contribution in [1.82, 2.24) is 0 Å². The molecule has 1 aliphatic rings. The zero-order chi connectivity index (χ0) is 14.7. The summed E-state index contributed by atoms with van der Waals surface area (Å²) in [6, 6.07) is 12.3. The molecule has 110 valence electrons. The Morgan fingerprint density at radius 2 is 1.90 bits per heavy atom. The number of phenols is 1. The van der Waals surface area contributed by atoms with Gasteiger partial charge in [0.25, 0.3) is 0 Å². The molecule has 0 saturated carbocycles. The van der Waals surface area contributed by atoms with Crippen molar-refractivity contribution < 1.29 is 9.50 Å². The Balaban J connectivity index is 1.67. The Hall–Kier alpha value is -2.23. The molecule has 0 atom stereocenters. The third-order valence-corrected chi connectivity index (χ3v) is 3.80. The number of halogens is 1. The molecule has 0 bridgehead atoms. The van der Waals surface area contributed by atoms with E-state index in [0.29, 0.717) is 12.2 Å². The van der Waals surface area contributed by atoms with Gasteiger partial charge >= 0.3 is 0 Å². The molecule has 21 heavy (non-hydrogen) atoms. The summed E-state index contributed by atoms with van der Waals surface area (Å²) in [6.07, 6.45) is 2.27. The molecule has 3 rings (SSSR count). The fourth-order valence-corrected chi connectivity index (χ4v) is 2.70. The maximum Gasteiger partial charge on any atom is 0.148 e. The van der Waals surface area contributed by atoms with E-state index >= 15 is 0 Å². The number of benzene rings is 2. The molecule has 4 heteroatoms. The number of phenolic OH excluding ortho intramolecular Hbond substituents is 1. The molecular weight excluding hydrogens is 267 g/mol. The third kappa shape index (κ3) is 3.27. The quantitative estimate of drug-likeness (QED) is 0.898. The highest BCUT2D eigenvalue weighted by Crippen LogP contribution is 2.26. The summed E-state index contributed by atoms with van der Waals surface area (Å²) in [4.78, 5) is 2.09. The summed E-state index contributed by atoms with van der Waals surface area (Å²) in [7, 11) is 0. The average Bonchev–Trinajstić information content (AvgIpc) is 2.99. The summed E-state index contributed by atoms with van der Waals surface area (Å²) in [5.74, 6) is 0.0580. The summed E-state index contributed by atoms with van der Waals surface area (Å²) >= 11 is 0. The largest absolute Gasteiger partial charge is 0.508 e. The molecule has 1 aliphatic heterocycles. The van der Waals surface area contributed by atoms with Crippen LogP contribution in [0.4, 0.5) is 15.8 Å². The highest BCUT2D eigenvalue weighted by Gasteiger charge is 2.16. The molecule has 1 fully saturated rings. The smallest absolute Gasteiger partial charge is 0.148 e. The number of nitrogens with one attached hydrogen (secondary N) is 1. The second kappa shape index (κ2) is 6.04. The predicted molar refractivity (Wildman–Crippen MR) is 83.3 cm³/mol. The van der Waals surface area contributed by atoms with Crippen LogP contribution in [0, 0.1) is 5.82 Å². The first-order valence-electron chi connectivity index (χ1n) is 7.29. The molecule has 0 amide bonds. The normalized spacial score (nSPS) is 14.4. The van der Waals surface area contributed by atoms with Gasteiger partial charge in [-0.1, -0.05) is 12.1 Å². The van der Waals surface area contributed by atoms with E-state index in [1.807, 2.05) is 18.2 Å². The summed E-state index contributed by atoms with van der Waals surface area (Å²) in [6.45, 7) is 2.43. The highest BCUT2D eigenvalue weighted by atomic mass is 19.1. The lowest BCUT2D eigenvalue weighted by Crippen LogP contribution is -2.18. The van der Waals surface area contributed by atoms with Crippen LogP contribution in [0.15, 0.2) is 42.5 Å². The molecule has 2 aromatic rings. The average molecular weight is 286 g/mol. The van der Waals surface area contributed by atoms with Crippen LogP contribution in [0.25, 0.3) is 0 Å². The van der Waals surface area contributed by atoms with E-state index in [9.17, 15) is 9.50 Å². The van der Waals surface area contributed by atoms with Crippen molar-refractivity contribution in [3.8, 4) is 5.75 Å². The Morgan fingerprint density at radius 1 is 1.10 bits per heavy atom. The standard InChI is InChI=1S/C17H19FN2O/c18-16-11-14(6-7-17(16)20-8-1-2-9-20)19-12-13-4-3-5-15(21)10-13/h3-7,10-11,19,21H,1-2,8-9,12H2. The van der Waals surface area contributed by atoms with Gasteiger partial charge in [-0.3, -0.25) is 0 Å². The molecular formula is C17H19FN2O. The first kappa shape index (κ1) is 13.7. The molecule has 3 nitrogen and oxygen atoms in total. The van der Waals surface area contributed by atoms with E-state index in [4.69, 9.17) is 0 Å². The van der Waals surface area contributed by atoms with E-state index in [-0.39, 0.29) is 11.6 Å². The molecule has 0 unspecified atom stereocenters. The van der Waals surface area contributed by atoms with Crippen LogP contribution in [0.5, 0.6) is 5.75 Å². The molecule has 0 aliphatic carbocycles. The molecule has 0 aromatic heterocycles. The van der Waals surface area contributed by atoms with E-state index < -0.39 is 0 Å². The van der Waals surface area contributed by atoms with Crippen molar-refractivity contribution >= 4 is 11.4 Å². The Bertz CT molecular complexity index is 624. The Labute approximate surface area is 124 Å². The predicted octanol–water partition coefficient (Wildman–Crippen LogP) is 3.74. The van der Waals surface area contributed by atoms with Crippen molar-refractivity contribution in [2.45, 2.75) is 19.4 Å². The first-order chi connectivity index (χ1) is 10.2. The van der Waals surface area contributed by atoms with Gasteiger partial charge in [0.1, 0.15) is 11.6 Å². The maximum absolute atomic E-state index is 14.2. The highest BCUT2D eigenvalue weighted by molar-refractivity contribution is 5.57. The molecule has 1 saturated heterocycles. The number of anilines is 2. The number of hydrogen-bond donors (Lipinski definition) is 2. The fourth-order valence-electron chi connectivity index (χ4n) is 2.70. The zero-order valence-electron chi connectivity index (χ0n) is 11.8. The third-order valence-electron chi connectivity index (χ3n) is 3.80. The van der Waals surface area contributed by atoms with Crippen molar-refractivity contribution in [3.05, 3.63) is 53.8 Å². The molecule has 0 radical (unpaired) electrons. The topological polar surface area (TPSA) is 35.5 Å². The molecule has 1 heterocycles. The van der Waals surface area contributed by atoms with Gasteiger partial charge in [0.05, 0.1) is 5.69 Å². The van der Waals surface area contributed by atoms with Gasteiger partial charge in [-0.25, -0.2) is 4.39 Å². The lowest BCUT2D eigenvalue weighted by molar-refractivity contribution is 0.474. The van der Waals surface area contributed by atoms with Gasteiger partial charge < -0.3 is 15.3 Å². The van der Waals surface area contributed by atoms with Gasteiger partial charge in [-0.15, -0.1) is 0 Å². The second-order valence-electron chi connectivity index (χ2n) is 5.38. The van der Waals surface area contributed by atoms with Crippen LogP contribution in [-0.2, 0) is 6.54 Å². The summed E-state index contributed by atoms with van der Waals surface area (Å²) in [5.41, 5.74) is 2.40. The van der Waals surface area contributed by atoms with E-state index in [0.717, 1.165) is 37.2 Å². The van der Waals surface area contributed by atoms with Crippen molar-refractivity contribution in [2.75, 3.05) is 23.3 Å². The fraction of sp³-hybridized carbons (Fsp3) is 0.294. The van der Waals surface area contributed by atoms with Gasteiger partial charge in [0.2, 0.25) is 0 Å². The lowest BCUT2D eigenvalue weighted by Gasteiger charge is -2.19. The molecule has 2 N–H and O–H groups in total. The minimum atomic E-state index is -0.183. The number of hydrogen-bond acceptors (Lipinski definition) is 3. The Morgan fingerprint density at radius 3 is 2.62 bits per heavy atom. The van der Waals surface area contributed by atoms with Crippen LogP contribution in [0.1, 0.15) is 18.4 Å². The van der Waals surface area contributed by atoms with E-state index in [1.54, 1.807) is 18.2 Å². The monoisotopic (exact) mass is 286 g/mol. The SMILES string of the molecule is Oc1cccc(CNc2ccc(N3CCCC3)c(F)c2)c1. The summed E-state index contributed by atoms with van der Waals surface area (Å²) < 4.78 is 14.2. The maximum atomic E-state index is 14.2. The van der Waals surface area contributed by atoms with Crippen LogP contribution in [0.2, 0.25) is 0 Å². The van der Waals surface area contributed by atoms with Crippen LogP contribution in [-0.4, -0.2) is 18.2 Å². The summed E-state index contributed by atoms with van der Waals surface area (Å²) in [5, 5.41) is 12.6. The Kier molecular flexibility index (Phi) is 3.95. The van der Waals surface area contributed by atoms with Crippen molar-refractivity contribution in [2.24, 2.45) is 0 Å². The van der Waals surface area contributed by atoms with E-state index in [1.165, 1.54) is 6.07 Å². The molecule has 2 aromatic carbocycles. The van der Waals surface area contributed by atoms with Gasteiger partial charge in [-0.2, -0.15) is 0 Å². The zero-order valence-corrected chi connectivity index (χ0v) is 11.8. The minimum absolute atomic E-state index is 0.183. The number of aromatic hydroxyl groups is 1. The minimum Gasteiger partial charge on any atom is -0.508 e. The van der Waals surface area contributed by atoms with Gasteiger partial charge in [0, 0.05) is 25.3 Å². The first-order valence-corrected chi connectivity index (χ1v) is 7.29. The van der Waals surface area contributed by atoms with E-state index in [2.05, 4.69) is 10.2 Å². The van der Waals surface area contributed by atoms with Gasteiger partial charge in [-0.05, 0) is 48.7 Å². The van der Waals surface area contributed by atoms with Crippen LogP contribution < -0.4 is 10.2 Å². The lowest BCUT2D eigenvalue weighted by atomic mass is 10.2.